The monoisotopic (exact) mass is 566 g/mol. The second kappa shape index (κ2) is 14.4. The van der Waals surface area contributed by atoms with Gasteiger partial charge in [-0.1, -0.05) is 26.3 Å². The van der Waals surface area contributed by atoms with Crippen LogP contribution in [0.3, 0.4) is 0 Å². The van der Waals surface area contributed by atoms with Crippen LogP contribution in [-0.2, 0) is 14.3 Å². The van der Waals surface area contributed by atoms with E-state index in [1.54, 1.807) is 36.3 Å². The molecule has 0 aliphatic carbocycles. The van der Waals surface area contributed by atoms with E-state index < -0.39 is 17.7 Å². The van der Waals surface area contributed by atoms with Gasteiger partial charge in [-0.05, 0) is 61.2 Å². The lowest BCUT2D eigenvalue weighted by Crippen LogP contribution is -2.42. The van der Waals surface area contributed by atoms with Gasteiger partial charge in [0.2, 0.25) is 0 Å². The predicted octanol–water partition coefficient (Wildman–Crippen LogP) is 4.73. The van der Waals surface area contributed by atoms with E-state index in [0.717, 1.165) is 37.9 Å². The number of carbonyl (C=O) groups is 2. The molecular formula is C32H42N2O7. The molecule has 9 nitrogen and oxygen atoms in total. The second-order valence-electron chi connectivity index (χ2n) is 10.4. The molecule has 9 heteroatoms. The summed E-state index contributed by atoms with van der Waals surface area (Å²) in [6.45, 7) is 10.8. The average Bonchev–Trinajstić information content (AvgIpc) is 3.24. The van der Waals surface area contributed by atoms with Crippen molar-refractivity contribution in [3.05, 3.63) is 58.7 Å². The minimum atomic E-state index is -0.787. The number of carbonyl (C=O) groups excluding carboxylic acids is 2. The molecule has 41 heavy (non-hydrogen) atoms. The maximum Gasteiger partial charge on any atom is 0.295 e. The van der Waals surface area contributed by atoms with Gasteiger partial charge in [0.05, 0.1) is 45.2 Å². The highest BCUT2D eigenvalue weighted by Crippen LogP contribution is 2.42. The van der Waals surface area contributed by atoms with Crippen molar-refractivity contribution in [2.45, 2.75) is 46.1 Å². The van der Waals surface area contributed by atoms with Gasteiger partial charge in [-0.25, -0.2) is 0 Å². The minimum absolute atomic E-state index is 0.0593. The molecule has 1 atom stereocenters. The Bertz CT molecular complexity index is 1250. The quantitative estimate of drug-likeness (QED) is 0.161. The largest absolute Gasteiger partial charge is 0.507 e. The van der Waals surface area contributed by atoms with E-state index in [-0.39, 0.29) is 11.3 Å². The highest BCUT2D eigenvalue weighted by molar-refractivity contribution is 6.46. The van der Waals surface area contributed by atoms with E-state index in [1.165, 1.54) is 0 Å². The predicted molar refractivity (Wildman–Crippen MR) is 157 cm³/mol. The number of morpholine rings is 1. The van der Waals surface area contributed by atoms with Crippen LogP contribution >= 0.6 is 0 Å². The van der Waals surface area contributed by atoms with Crippen LogP contribution in [0.4, 0.5) is 0 Å². The third-order valence-electron chi connectivity index (χ3n) is 7.49. The SMILES string of the molecule is CCCCOc1ccc(C2C(=C(O)c3ccc(OCCC)cc3C)C(=O)C(=O)N2CCN2CCOCC2)cc1OC. The summed E-state index contributed by atoms with van der Waals surface area (Å²) < 4.78 is 22.7. The first kappa shape index (κ1) is 30.4. The molecule has 2 aliphatic rings. The van der Waals surface area contributed by atoms with E-state index in [1.807, 2.05) is 26.0 Å². The summed E-state index contributed by atoms with van der Waals surface area (Å²) >= 11 is 0. The fourth-order valence-corrected chi connectivity index (χ4v) is 5.19. The van der Waals surface area contributed by atoms with Gasteiger partial charge in [0.25, 0.3) is 11.7 Å². The van der Waals surface area contributed by atoms with Gasteiger partial charge in [0, 0.05) is 31.7 Å². The van der Waals surface area contributed by atoms with Crippen molar-refractivity contribution in [1.29, 1.82) is 0 Å². The zero-order valence-electron chi connectivity index (χ0n) is 24.6. The number of rotatable bonds is 13. The van der Waals surface area contributed by atoms with Crippen molar-refractivity contribution in [3.63, 3.8) is 0 Å². The van der Waals surface area contributed by atoms with Crippen molar-refractivity contribution >= 4 is 17.4 Å². The molecule has 0 aromatic heterocycles. The molecule has 2 saturated heterocycles. The number of hydrogen-bond donors (Lipinski definition) is 1. The Hall–Kier alpha value is -3.56. The first-order chi connectivity index (χ1) is 19.9. The molecule has 4 rings (SSSR count). The summed E-state index contributed by atoms with van der Waals surface area (Å²) in [6, 6.07) is 9.98. The third kappa shape index (κ3) is 7.02. The summed E-state index contributed by atoms with van der Waals surface area (Å²) in [7, 11) is 1.56. The van der Waals surface area contributed by atoms with Crippen molar-refractivity contribution in [2.24, 2.45) is 0 Å². The van der Waals surface area contributed by atoms with Crippen LogP contribution in [0.1, 0.15) is 55.8 Å². The van der Waals surface area contributed by atoms with Gasteiger partial charge < -0.3 is 29.0 Å². The number of aliphatic hydroxyl groups excluding tert-OH is 1. The third-order valence-corrected chi connectivity index (χ3v) is 7.49. The molecule has 0 saturated carbocycles. The van der Waals surface area contributed by atoms with Crippen molar-refractivity contribution in [2.75, 3.05) is 59.7 Å². The van der Waals surface area contributed by atoms with E-state index in [0.29, 0.717) is 67.9 Å². The molecule has 1 amide bonds. The number of ketones is 1. The normalized spacial score (nSPS) is 19.0. The lowest BCUT2D eigenvalue weighted by molar-refractivity contribution is -0.140. The van der Waals surface area contributed by atoms with Crippen LogP contribution in [-0.4, -0.2) is 86.3 Å². The molecule has 0 spiro atoms. The van der Waals surface area contributed by atoms with Crippen LogP contribution in [0.15, 0.2) is 42.0 Å². The van der Waals surface area contributed by atoms with Crippen molar-refractivity contribution in [3.8, 4) is 17.2 Å². The lowest BCUT2D eigenvalue weighted by atomic mass is 9.93. The molecule has 2 heterocycles. The highest BCUT2D eigenvalue weighted by Gasteiger charge is 2.46. The Kier molecular flexibility index (Phi) is 10.7. The van der Waals surface area contributed by atoms with Crippen LogP contribution in [0.25, 0.3) is 5.76 Å². The molecule has 0 bridgehead atoms. The van der Waals surface area contributed by atoms with Crippen molar-refractivity contribution in [1.82, 2.24) is 9.80 Å². The number of hydrogen-bond acceptors (Lipinski definition) is 8. The Balaban J connectivity index is 1.75. The van der Waals surface area contributed by atoms with Crippen molar-refractivity contribution < 1.29 is 33.6 Å². The molecule has 1 N–H and O–H groups in total. The Labute approximate surface area is 242 Å². The van der Waals surface area contributed by atoms with Crippen LogP contribution in [0.2, 0.25) is 0 Å². The number of methoxy groups -OCH3 is 1. The molecular weight excluding hydrogens is 524 g/mol. The first-order valence-corrected chi connectivity index (χ1v) is 14.5. The molecule has 0 radical (unpaired) electrons. The molecule has 222 valence electrons. The van der Waals surface area contributed by atoms with E-state index in [9.17, 15) is 14.7 Å². The number of likely N-dealkylation sites (tertiary alicyclic amines) is 1. The number of aryl methyl sites for hydroxylation is 1. The number of benzene rings is 2. The number of ether oxygens (including phenoxy) is 4. The fraction of sp³-hybridized carbons (Fsp3) is 0.500. The summed E-state index contributed by atoms with van der Waals surface area (Å²) in [6.07, 6.45) is 2.79. The smallest absolute Gasteiger partial charge is 0.295 e. The summed E-state index contributed by atoms with van der Waals surface area (Å²) in [5, 5.41) is 11.6. The summed E-state index contributed by atoms with van der Waals surface area (Å²) in [5.41, 5.74) is 1.94. The standard InChI is InChI=1S/C32H42N2O7/c1-5-7-17-41-26-11-8-23(21-27(26)38-4)29-28(30(35)25-10-9-24(20-22(25)3)40-16-6-2)31(36)32(37)34(29)13-12-33-14-18-39-19-15-33/h8-11,20-21,29,35H,5-7,12-19H2,1-4H3. The number of amides is 1. The van der Waals surface area contributed by atoms with Gasteiger partial charge in [0.1, 0.15) is 11.5 Å². The average molecular weight is 567 g/mol. The zero-order valence-corrected chi connectivity index (χ0v) is 24.6. The topological polar surface area (TPSA) is 97.8 Å². The first-order valence-electron chi connectivity index (χ1n) is 14.5. The van der Waals surface area contributed by atoms with Gasteiger partial charge in [-0.3, -0.25) is 14.5 Å². The number of nitrogens with zero attached hydrogens (tertiary/aromatic N) is 2. The van der Waals surface area contributed by atoms with Gasteiger partial charge in [0.15, 0.2) is 11.5 Å². The Morgan fingerprint density at radius 1 is 0.976 bits per heavy atom. The molecule has 2 fully saturated rings. The van der Waals surface area contributed by atoms with E-state index in [2.05, 4.69) is 11.8 Å². The molecule has 2 aromatic rings. The van der Waals surface area contributed by atoms with Gasteiger partial charge in [-0.15, -0.1) is 0 Å². The fourth-order valence-electron chi connectivity index (χ4n) is 5.19. The van der Waals surface area contributed by atoms with E-state index >= 15 is 0 Å². The van der Waals surface area contributed by atoms with E-state index in [4.69, 9.17) is 18.9 Å². The summed E-state index contributed by atoms with van der Waals surface area (Å²) in [5.74, 6) is 0.241. The van der Waals surface area contributed by atoms with Crippen LogP contribution in [0, 0.1) is 6.92 Å². The molecule has 2 aliphatic heterocycles. The Morgan fingerprint density at radius 2 is 1.76 bits per heavy atom. The number of aliphatic hydroxyl groups is 1. The van der Waals surface area contributed by atoms with Crippen LogP contribution < -0.4 is 14.2 Å². The maximum atomic E-state index is 13.6. The second-order valence-corrected chi connectivity index (χ2v) is 10.4. The number of unbranched alkanes of at least 4 members (excludes halogenated alkanes) is 1. The minimum Gasteiger partial charge on any atom is -0.507 e. The molecule has 1 unspecified atom stereocenters. The lowest BCUT2D eigenvalue weighted by Gasteiger charge is -2.31. The zero-order chi connectivity index (χ0) is 29.4. The Morgan fingerprint density at radius 3 is 2.44 bits per heavy atom. The number of Topliss-reactive ketones (excluding diaryl/α,β-unsaturated/α-hetero) is 1. The van der Waals surface area contributed by atoms with Gasteiger partial charge in [-0.2, -0.15) is 0 Å². The summed E-state index contributed by atoms with van der Waals surface area (Å²) in [4.78, 5) is 30.8. The highest BCUT2D eigenvalue weighted by atomic mass is 16.5. The molecule has 2 aromatic carbocycles. The van der Waals surface area contributed by atoms with Gasteiger partial charge >= 0.3 is 0 Å². The van der Waals surface area contributed by atoms with Crippen LogP contribution in [0.5, 0.6) is 17.2 Å². The maximum absolute atomic E-state index is 13.6.